The first kappa shape index (κ1) is 20.2. The normalized spacial score (nSPS) is 29.1. The van der Waals surface area contributed by atoms with E-state index in [2.05, 4.69) is 10.6 Å². The van der Waals surface area contributed by atoms with Crippen LogP contribution in [0.3, 0.4) is 0 Å². The Hall–Kier alpha value is -2.16. The van der Waals surface area contributed by atoms with Crippen LogP contribution < -0.4 is 10.6 Å². The van der Waals surface area contributed by atoms with E-state index in [0.717, 1.165) is 12.8 Å². The molecule has 0 aliphatic carbocycles. The molecule has 2 saturated heterocycles. The molecule has 26 heavy (non-hydrogen) atoms. The minimum absolute atomic E-state index is 0.0414. The Balaban J connectivity index is 2.23. The van der Waals surface area contributed by atoms with Gasteiger partial charge in [0.2, 0.25) is 23.6 Å². The number of methoxy groups -OCH3 is 1. The lowest BCUT2D eigenvalue weighted by Gasteiger charge is -2.39. The third-order valence-corrected chi connectivity index (χ3v) is 4.98. The fourth-order valence-electron chi connectivity index (χ4n) is 3.38. The Kier molecular flexibility index (Phi) is 6.96. The smallest absolute Gasteiger partial charge is 0.242 e. The van der Waals surface area contributed by atoms with Gasteiger partial charge in [0.1, 0.15) is 6.04 Å². The van der Waals surface area contributed by atoms with Crippen LogP contribution in [-0.2, 0) is 23.9 Å². The van der Waals surface area contributed by atoms with Gasteiger partial charge in [-0.1, -0.05) is 0 Å². The van der Waals surface area contributed by atoms with Crippen LogP contribution in [-0.4, -0.2) is 85.9 Å². The molecule has 2 rings (SSSR count). The molecule has 2 bridgehead atoms. The van der Waals surface area contributed by atoms with Crippen molar-refractivity contribution in [3.63, 3.8) is 0 Å². The monoisotopic (exact) mass is 368 g/mol. The second-order valence-corrected chi connectivity index (χ2v) is 6.95. The van der Waals surface area contributed by atoms with Gasteiger partial charge >= 0.3 is 0 Å². The molecule has 0 spiro atoms. The highest BCUT2D eigenvalue weighted by Crippen LogP contribution is 2.19. The van der Waals surface area contributed by atoms with Gasteiger partial charge in [-0.3, -0.25) is 19.2 Å². The maximum atomic E-state index is 12.9. The van der Waals surface area contributed by atoms with E-state index in [9.17, 15) is 19.2 Å². The van der Waals surface area contributed by atoms with E-state index in [-0.39, 0.29) is 37.4 Å². The Morgan fingerprint density at radius 3 is 2.65 bits per heavy atom. The van der Waals surface area contributed by atoms with Gasteiger partial charge in [0.15, 0.2) is 0 Å². The van der Waals surface area contributed by atoms with Crippen LogP contribution >= 0.6 is 0 Å². The van der Waals surface area contributed by atoms with Crippen molar-refractivity contribution >= 4 is 23.6 Å². The van der Waals surface area contributed by atoms with E-state index in [1.54, 1.807) is 23.8 Å². The molecule has 4 amide bonds. The highest BCUT2D eigenvalue weighted by molar-refractivity contribution is 5.92. The maximum Gasteiger partial charge on any atom is 0.242 e. The number of ether oxygens (including phenoxy) is 1. The lowest BCUT2D eigenvalue weighted by molar-refractivity contribution is -0.145. The molecule has 9 heteroatoms. The van der Waals surface area contributed by atoms with Gasteiger partial charge in [-0.15, -0.1) is 0 Å². The van der Waals surface area contributed by atoms with Crippen molar-refractivity contribution in [1.29, 1.82) is 0 Å². The van der Waals surface area contributed by atoms with Gasteiger partial charge in [-0.05, 0) is 19.8 Å². The Bertz CT molecular complexity index is 567. The topological polar surface area (TPSA) is 108 Å². The van der Waals surface area contributed by atoms with Crippen LogP contribution in [0, 0.1) is 5.92 Å². The Morgan fingerprint density at radius 2 is 1.96 bits per heavy atom. The molecule has 2 aliphatic heterocycles. The number of nitrogens with one attached hydrogen (secondary N) is 2. The van der Waals surface area contributed by atoms with Gasteiger partial charge in [0.05, 0.1) is 19.1 Å². The van der Waals surface area contributed by atoms with E-state index in [0.29, 0.717) is 13.1 Å². The number of carbonyl (C=O) groups excluding carboxylic acids is 4. The highest BCUT2D eigenvalue weighted by atomic mass is 16.5. The molecule has 0 saturated carbocycles. The minimum Gasteiger partial charge on any atom is -0.384 e. The van der Waals surface area contributed by atoms with Crippen LogP contribution in [0.25, 0.3) is 0 Å². The van der Waals surface area contributed by atoms with Gasteiger partial charge in [-0.2, -0.15) is 0 Å². The zero-order valence-electron chi connectivity index (χ0n) is 15.6. The summed E-state index contributed by atoms with van der Waals surface area (Å²) in [6.45, 7) is 2.56. The van der Waals surface area contributed by atoms with Crippen LogP contribution in [0.15, 0.2) is 0 Å². The maximum absolute atomic E-state index is 12.9. The first-order valence-electron chi connectivity index (χ1n) is 8.94. The number of hydrogen-bond acceptors (Lipinski definition) is 5. The number of fused-ring (bicyclic) bond motifs is 2. The van der Waals surface area contributed by atoms with E-state index < -0.39 is 23.8 Å². The predicted octanol–water partition coefficient (Wildman–Crippen LogP) is -1.28. The standard InChI is InChI=1S/C17H28N4O5/c1-11-16(24)18-8-15(23)20(2)13-5-4-6-21(9-13)17(25)12(10-26-3)7-14(22)19-11/h11-13H,4-10H2,1-3H3,(H,18,24)(H,19,22). The van der Waals surface area contributed by atoms with E-state index in [1.807, 2.05) is 0 Å². The fourth-order valence-corrected chi connectivity index (χ4v) is 3.38. The van der Waals surface area contributed by atoms with Crippen molar-refractivity contribution in [3.05, 3.63) is 0 Å². The molecule has 2 N–H and O–H groups in total. The van der Waals surface area contributed by atoms with Crippen molar-refractivity contribution in [2.24, 2.45) is 5.92 Å². The molecular weight excluding hydrogens is 340 g/mol. The van der Waals surface area contributed by atoms with Gasteiger partial charge < -0.3 is 25.2 Å². The summed E-state index contributed by atoms with van der Waals surface area (Å²) in [6.07, 6.45) is 1.54. The number of piperidine rings is 1. The minimum atomic E-state index is -0.790. The molecule has 0 radical (unpaired) electrons. The molecule has 3 atom stereocenters. The van der Waals surface area contributed by atoms with E-state index in [1.165, 1.54) is 7.11 Å². The number of amides is 4. The van der Waals surface area contributed by atoms with Crippen LogP contribution in [0.4, 0.5) is 0 Å². The number of hydrogen-bond donors (Lipinski definition) is 2. The van der Waals surface area contributed by atoms with E-state index in [4.69, 9.17) is 4.74 Å². The highest BCUT2D eigenvalue weighted by Gasteiger charge is 2.33. The second-order valence-electron chi connectivity index (χ2n) is 6.95. The van der Waals surface area contributed by atoms with Crippen molar-refractivity contribution in [1.82, 2.24) is 20.4 Å². The number of carbonyl (C=O) groups is 4. The second kappa shape index (κ2) is 8.98. The fraction of sp³-hybridized carbons (Fsp3) is 0.765. The zero-order chi connectivity index (χ0) is 19.3. The molecule has 2 aliphatic rings. The summed E-state index contributed by atoms with van der Waals surface area (Å²) in [6, 6.07) is -0.892. The molecule has 9 nitrogen and oxygen atoms in total. The number of likely N-dealkylation sites (N-methyl/N-ethyl adjacent to an activating group) is 1. The summed E-state index contributed by atoms with van der Waals surface area (Å²) in [5.74, 6) is -1.81. The Morgan fingerprint density at radius 1 is 1.23 bits per heavy atom. The third kappa shape index (κ3) is 4.94. The molecule has 3 unspecified atom stereocenters. The molecule has 2 fully saturated rings. The van der Waals surface area contributed by atoms with Crippen LogP contribution in [0.2, 0.25) is 0 Å². The Labute approximate surface area is 153 Å². The van der Waals surface area contributed by atoms with E-state index >= 15 is 0 Å². The average molecular weight is 368 g/mol. The van der Waals surface area contributed by atoms with Crippen molar-refractivity contribution in [3.8, 4) is 0 Å². The summed E-state index contributed by atoms with van der Waals surface area (Å²) in [4.78, 5) is 52.8. The summed E-state index contributed by atoms with van der Waals surface area (Å²) >= 11 is 0. The van der Waals surface area contributed by atoms with Gasteiger partial charge in [-0.25, -0.2) is 0 Å². The summed E-state index contributed by atoms with van der Waals surface area (Å²) in [5, 5.41) is 5.13. The van der Waals surface area contributed by atoms with Crippen LogP contribution in [0.5, 0.6) is 0 Å². The zero-order valence-corrected chi connectivity index (χ0v) is 15.6. The van der Waals surface area contributed by atoms with Crippen molar-refractivity contribution in [2.45, 2.75) is 38.3 Å². The number of rotatable bonds is 2. The first-order valence-corrected chi connectivity index (χ1v) is 8.94. The van der Waals surface area contributed by atoms with Crippen LogP contribution in [0.1, 0.15) is 26.2 Å². The molecular formula is C17H28N4O5. The third-order valence-electron chi connectivity index (χ3n) is 4.98. The van der Waals surface area contributed by atoms with Crippen molar-refractivity contribution < 1.29 is 23.9 Å². The van der Waals surface area contributed by atoms with Crippen molar-refractivity contribution in [2.75, 3.05) is 40.4 Å². The van der Waals surface area contributed by atoms with Gasteiger partial charge in [0.25, 0.3) is 0 Å². The SMILES string of the molecule is COCC1CC(=O)NC(C)C(=O)NCC(=O)N(C)C2CCCN(C2)C1=O. The summed E-state index contributed by atoms with van der Waals surface area (Å²) in [7, 11) is 3.18. The number of nitrogens with zero attached hydrogens (tertiary/aromatic N) is 2. The summed E-state index contributed by atoms with van der Waals surface area (Å²) in [5.41, 5.74) is 0. The predicted molar refractivity (Wildman–Crippen MR) is 93.0 cm³/mol. The average Bonchev–Trinajstić information content (AvgIpc) is 2.63. The largest absolute Gasteiger partial charge is 0.384 e. The molecule has 146 valence electrons. The summed E-state index contributed by atoms with van der Waals surface area (Å²) < 4.78 is 5.12. The lowest BCUT2D eigenvalue weighted by atomic mass is 9.99. The quantitative estimate of drug-likeness (QED) is 0.631. The molecule has 2 heterocycles. The lowest BCUT2D eigenvalue weighted by Crippen LogP contribution is -2.55. The molecule has 0 aromatic heterocycles. The van der Waals surface area contributed by atoms with Gasteiger partial charge in [0, 0.05) is 39.7 Å². The molecule has 0 aromatic carbocycles. The molecule has 0 aromatic rings. The first-order chi connectivity index (χ1) is 12.3.